The molecule has 2 N–H and O–H groups in total. The molecule has 112 valence electrons. The van der Waals surface area contributed by atoms with Crippen molar-refractivity contribution in [2.24, 2.45) is 5.10 Å². The highest BCUT2D eigenvalue weighted by atomic mass is 32.1. The summed E-state index contributed by atoms with van der Waals surface area (Å²) in [5.74, 6) is -1.24. The largest absolute Gasteiger partial charge is 0.545 e. The van der Waals surface area contributed by atoms with Crippen molar-refractivity contribution < 1.29 is 9.90 Å². The van der Waals surface area contributed by atoms with Crippen molar-refractivity contribution >= 4 is 35.2 Å². The molecule has 0 saturated carbocycles. The van der Waals surface area contributed by atoms with Gasteiger partial charge in [0.15, 0.2) is 5.11 Å². The maximum Gasteiger partial charge on any atom is 0.191 e. The third kappa shape index (κ3) is 4.39. The lowest BCUT2D eigenvalue weighted by molar-refractivity contribution is -0.255. The first-order valence-corrected chi connectivity index (χ1v) is 6.94. The molecule has 0 spiro atoms. The van der Waals surface area contributed by atoms with Crippen LogP contribution < -0.4 is 15.8 Å². The van der Waals surface area contributed by atoms with E-state index in [1.165, 1.54) is 12.1 Å². The molecule has 2 rings (SSSR count). The Morgan fingerprint density at radius 3 is 2.73 bits per heavy atom. The molecule has 0 aliphatic carbocycles. The number of carboxylic acids is 1. The molecule has 0 saturated heterocycles. The third-order valence-corrected chi connectivity index (χ3v) is 3.11. The molecular weight excluding hydrogens is 298 g/mol. The van der Waals surface area contributed by atoms with Crippen molar-refractivity contribution in [3.05, 3.63) is 65.2 Å². The number of nitrogens with zero attached hydrogens (tertiary/aromatic N) is 1. The number of aryl methyl sites for hydroxylation is 1. The molecule has 0 fully saturated rings. The normalized spacial score (nSPS) is 10.4. The molecule has 0 atom stereocenters. The predicted molar refractivity (Wildman–Crippen MR) is 88.9 cm³/mol. The molecule has 0 bridgehead atoms. The minimum absolute atomic E-state index is 0.0798. The Morgan fingerprint density at radius 1 is 1.23 bits per heavy atom. The third-order valence-electron chi connectivity index (χ3n) is 2.91. The van der Waals surface area contributed by atoms with Gasteiger partial charge in [0.25, 0.3) is 0 Å². The Balaban J connectivity index is 1.95. The van der Waals surface area contributed by atoms with Crippen LogP contribution in [0.2, 0.25) is 0 Å². The van der Waals surface area contributed by atoms with Crippen molar-refractivity contribution in [1.29, 1.82) is 0 Å². The van der Waals surface area contributed by atoms with E-state index in [0.717, 1.165) is 11.1 Å². The summed E-state index contributed by atoms with van der Waals surface area (Å²) < 4.78 is 0. The first kappa shape index (κ1) is 15.7. The zero-order chi connectivity index (χ0) is 15.9. The quantitative estimate of drug-likeness (QED) is 0.510. The van der Waals surface area contributed by atoms with Gasteiger partial charge >= 0.3 is 0 Å². The lowest BCUT2D eigenvalue weighted by atomic mass is 10.1. The summed E-state index contributed by atoms with van der Waals surface area (Å²) >= 11 is 5.09. The number of hydrazone groups is 1. The van der Waals surface area contributed by atoms with Crippen LogP contribution in [0.5, 0.6) is 0 Å². The van der Waals surface area contributed by atoms with Crippen LogP contribution in [0.1, 0.15) is 21.5 Å². The second-order valence-corrected chi connectivity index (χ2v) is 4.96. The molecule has 0 heterocycles. The topological polar surface area (TPSA) is 76.5 Å². The minimum Gasteiger partial charge on any atom is -0.545 e. The monoisotopic (exact) mass is 312 g/mol. The van der Waals surface area contributed by atoms with Gasteiger partial charge in [-0.1, -0.05) is 36.4 Å². The Bertz CT molecular complexity index is 729. The fourth-order valence-corrected chi connectivity index (χ4v) is 1.95. The van der Waals surface area contributed by atoms with E-state index < -0.39 is 5.97 Å². The van der Waals surface area contributed by atoms with E-state index in [1.807, 2.05) is 31.2 Å². The Labute approximate surface area is 133 Å². The first-order valence-electron chi connectivity index (χ1n) is 6.53. The summed E-state index contributed by atoms with van der Waals surface area (Å²) in [6, 6.07) is 14.0. The van der Waals surface area contributed by atoms with Gasteiger partial charge in [-0.2, -0.15) is 5.10 Å². The fraction of sp³-hybridized carbons (Fsp3) is 0.0625. The standard InChI is InChI=1S/C16H15N3O2S/c1-11-5-2-3-6-13(11)10-17-19-16(22)18-14-8-4-7-12(9-14)15(20)21/h2-10H,1H3,(H,20,21)(H2,18,19,22)/p-1. The van der Waals surface area contributed by atoms with E-state index in [4.69, 9.17) is 12.2 Å². The summed E-state index contributed by atoms with van der Waals surface area (Å²) in [5, 5.41) is 18.0. The number of thiocarbonyl (C=S) groups is 1. The molecule has 0 amide bonds. The summed E-state index contributed by atoms with van der Waals surface area (Å²) in [7, 11) is 0. The molecule has 5 nitrogen and oxygen atoms in total. The summed E-state index contributed by atoms with van der Waals surface area (Å²) in [6.07, 6.45) is 1.67. The number of rotatable bonds is 4. The second kappa shape index (κ2) is 7.33. The van der Waals surface area contributed by atoms with Gasteiger partial charge in [-0.25, -0.2) is 0 Å². The number of carbonyl (C=O) groups is 1. The molecule has 0 radical (unpaired) electrons. The van der Waals surface area contributed by atoms with Crippen LogP contribution in [0.25, 0.3) is 0 Å². The summed E-state index contributed by atoms with van der Waals surface area (Å²) in [5.41, 5.74) is 5.40. The zero-order valence-electron chi connectivity index (χ0n) is 11.9. The van der Waals surface area contributed by atoms with Gasteiger partial charge in [0.2, 0.25) is 0 Å². The lowest BCUT2D eigenvalue weighted by Gasteiger charge is -2.09. The average molecular weight is 312 g/mol. The highest BCUT2D eigenvalue weighted by Crippen LogP contribution is 2.09. The van der Waals surface area contributed by atoms with Crippen LogP contribution in [-0.2, 0) is 0 Å². The van der Waals surface area contributed by atoms with E-state index >= 15 is 0 Å². The molecule has 0 aromatic heterocycles. The van der Waals surface area contributed by atoms with Crippen molar-refractivity contribution in [3.63, 3.8) is 0 Å². The molecule has 6 heteroatoms. The van der Waals surface area contributed by atoms with Crippen LogP contribution in [-0.4, -0.2) is 17.3 Å². The summed E-state index contributed by atoms with van der Waals surface area (Å²) in [4.78, 5) is 10.8. The van der Waals surface area contributed by atoms with Gasteiger partial charge in [-0.05, 0) is 48.0 Å². The van der Waals surface area contributed by atoms with Gasteiger partial charge < -0.3 is 15.2 Å². The first-order chi connectivity index (χ1) is 10.6. The second-order valence-electron chi connectivity index (χ2n) is 4.55. The maximum absolute atomic E-state index is 10.8. The number of nitrogens with one attached hydrogen (secondary N) is 2. The molecule has 0 aliphatic heterocycles. The molecule has 0 aliphatic rings. The minimum atomic E-state index is -1.24. The van der Waals surface area contributed by atoms with Crippen molar-refractivity contribution in [3.8, 4) is 0 Å². The highest BCUT2D eigenvalue weighted by Gasteiger charge is 1.99. The molecule has 2 aromatic rings. The predicted octanol–water partition coefficient (Wildman–Crippen LogP) is 1.68. The van der Waals surface area contributed by atoms with Crippen molar-refractivity contribution in [2.75, 3.05) is 5.32 Å². The number of carboxylic acid groups (broad SMARTS) is 1. The number of benzene rings is 2. The number of aromatic carboxylic acids is 1. The van der Waals surface area contributed by atoms with Gasteiger partial charge in [-0.15, -0.1) is 0 Å². The Hall–Kier alpha value is -2.73. The number of anilines is 1. The van der Waals surface area contributed by atoms with Crippen LogP contribution in [0.15, 0.2) is 53.6 Å². The molecule has 22 heavy (non-hydrogen) atoms. The van der Waals surface area contributed by atoms with Crippen molar-refractivity contribution in [1.82, 2.24) is 5.43 Å². The average Bonchev–Trinajstić information content (AvgIpc) is 2.49. The van der Waals surface area contributed by atoms with Gasteiger partial charge in [-0.3, -0.25) is 5.43 Å². The van der Waals surface area contributed by atoms with Crippen LogP contribution >= 0.6 is 12.2 Å². The van der Waals surface area contributed by atoms with Crippen LogP contribution in [0, 0.1) is 6.92 Å². The smallest absolute Gasteiger partial charge is 0.191 e. The summed E-state index contributed by atoms with van der Waals surface area (Å²) in [6.45, 7) is 1.99. The van der Waals surface area contributed by atoms with E-state index in [9.17, 15) is 9.90 Å². The van der Waals surface area contributed by atoms with Gasteiger partial charge in [0.1, 0.15) is 0 Å². The molecule has 0 unspecified atom stereocenters. The number of hydrogen-bond donors (Lipinski definition) is 2. The van der Waals surface area contributed by atoms with Gasteiger partial charge in [0.05, 0.1) is 12.2 Å². The van der Waals surface area contributed by atoms with Crippen LogP contribution in [0.4, 0.5) is 5.69 Å². The van der Waals surface area contributed by atoms with E-state index in [0.29, 0.717) is 5.69 Å². The SMILES string of the molecule is Cc1ccccc1C=NNC(=S)Nc1cccc(C(=O)[O-])c1. The lowest BCUT2D eigenvalue weighted by Crippen LogP contribution is -2.25. The number of hydrogen-bond acceptors (Lipinski definition) is 4. The van der Waals surface area contributed by atoms with E-state index in [2.05, 4.69) is 15.8 Å². The number of carbonyl (C=O) groups excluding carboxylic acids is 1. The maximum atomic E-state index is 10.8. The van der Waals surface area contributed by atoms with E-state index in [1.54, 1.807) is 18.3 Å². The zero-order valence-corrected chi connectivity index (χ0v) is 12.7. The Morgan fingerprint density at radius 2 is 2.00 bits per heavy atom. The highest BCUT2D eigenvalue weighted by molar-refractivity contribution is 7.80. The van der Waals surface area contributed by atoms with Gasteiger partial charge in [0, 0.05) is 5.69 Å². The molecule has 2 aromatic carbocycles. The fourth-order valence-electron chi connectivity index (χ4n) is 1.78. The van der Waals surface area contributed by atoms with E-state index in [-0.39, 0.29) is 10.7 Å². The molecular formula is C16H14N3O2S-. The van der Waals surface area contributed by atoms with Crippen molar-refractivity contribution in [2.45, 2.75) is 6.92 Å². The van der Waals surface area contributed by atoms with Crippen LogP contribution in [0.3, 0.4) is 0 Å². The Kier molecular flexibility index (Phi) is 5.21.